The molecule has 0 aliphatic heterocycles. The van der Waals surface area contributed by atoms with E-state index in [0.717, 1.165) is 5.56 Å². The average Bonchev–Trinajstić information content (AvgIpc) is 2.71. The minimum Gasteiger partial charge on any atom is -0.494 e. The zero-order chi connectivity index (χ0) is 20.5. The molecule has 0 saturated carbocycles. The molecule has 0 spiro atoms. The third-order valence-corrected chi connectivity index (χ3v) is 4.08. The normalized spacial score (nSPS) is 10.1. The van der Waals surface area contributed by atoms with Crippen molar-refractivity contribution in [2.75, 3.05) is 32.3 Å². The van der Waals surface area contributed by atoms with E-state index >= 15 is 0 Å². The molecule has 2 aromatic carbocycles. The van der Waals surface area contributed by atoms with Crippen molar-refractivity contribution in [3.8, 4) is 17.2 Å². The lowest BCUT2D eigenvalue weighted by atomic mass is 10.2. The Morgan fingerprint density at radius 2 is 1.68 bits per heavy atom. The minimum atomic E-state index is -0.265. The number of ether oxygens (including phenoxy) is 3. The minimum absolute atomic E-state index is 0.0728. The van der Waals surface area contributed by atoms with Gasteiger partial charge in [0.2, 0.25) is 11.8 Å². The summed E-state index contributed by atoms with van der Waals surface area (Å²) in [4.78, 5) is 25.8. The molecule has 7 nitrogen and oxygen atoms in total. The molecule has 0 unspecified atom stereocenters. The summed E-state index contributed by atoms with van der Waals surface area (Å²) in [5.74, 6) is 1.45. The fraction of sp³-hybridized carbons (Fsp3) is 0.333. The van der Waals surface area contributed by atoms with Gasteiger partial charge in [-0.1, -0.05) is 6.07 Å². The maximum absolute atomic E-state index is 12.4. The van der Waals surface area contributed by atoms with Crippen molar-refractivity contribution >= 4 is 17.5 Å². The predicted octanol–water partition coefficient (Wildman–Crippen LogP) is 2.77. The van der Waals surface area contributed by atoms with E-state index < -0.39 is 0 Å². The number of nitrogens with zero attached hydrogens (tertiary/aromatic N) is 1. The van der Waals surface area contributed by atoms with Crippen LogP contribution < -0.4 is 24.4 Å². The van der Waals surface area contributed by atoms with Crippen LogP contribution in [0.2, 0.25) is 0 Å². The molecule has 28 heavy (non-hydrogen) atoms. The van der Waals surface area contributed by atoms with Gasteiger partial charge in [-0.3, -0.25) is 9.59 Å². The fourth-order valence-electron chi connectivity index (χ4n) is 2.66. The molecule has 2 rings (SSSR count). The number of nitrogens with one attached hydrogen (secondary N) is 1. The first kappa shape index (κ1) is 21.1. The van der Waals surface area contributed by atoms with Gasteiger partial charge < -0.3 is 24.4 Å². The van der Waals surface area contributed by atoms with Crippen molar-refractivity contribution in [2.24, 2.45) is 0 Å². The number of benzene rings is 2. The number of hydrogen-bond donors (Lipinski definition) is 1. The van der Waals surface area contributed by atoms with Crippen LogP contribution in [0.4, 0.5) is 5.69 Å². The zero-order valence-corrected chi connectivity index (χ0v) is 16.7. The van der Waals surface area contributed by atoms with Gasteiger partial charge >= 0.3 is 0 Å². The SMILES string of the molecule is CCOc1ccc(N(CC(=O)NCc2ccc(OC)c(OC)c2)C(C)=O)cc1. The van der Waals surface area contributed by atoms with Crippen LogP contribution in [-0.4, -0.2) is 39.2 Å². The van der Waals surface area contributed by atoms with Crippen molar-refractivity contribution in [1.82, 2.24) is 5.32 Å². The Morgan fingerprint density at radius 1 is 1.00 bits per heavy atom. The summed E-state index contributed by atoms with van der Waals surface area (Å²) >= 11 is 0. The molecule has 7 heteroatoms. The quantitative estimate of drug-likeness (QED) is 0.717. The van der Waals surface area contributed by atoms with E-state index in [4.69, 9.17) is 14.2 Å². The first-order valence-electron chi connectivity index (χ1n) is 8.97. The number of hydrogen-bond acceptors (Lipinski definition) is 5. The largest absolute Gasteiger partial charge is 0.494 e. The summed E-state index contributed by atoms with van der Waals surface area (Å²) in [5.41, 5.74) is 1.50. The van der Waals surface area contributed by atoms with E-state index in [2.05, 4.69) is 5.32 Å². The molecule has 0 heterocycles. The van der Waals surface area contributed by atoms with Crippen LogP contribution in [0.5, 0.6) is 17.2 Å². The Balaban J connectivity index is 2.00. The molecular formula is C21H26N2O5. The third kappa shape index (κ3) is 5.64. The van der Waals surface area contributed by atoms with Crippen LogP contribution in [0.1, 0.15) is 19.4 Å². The van der Waals surface area contributed by atoms with Crippen molar-refractivity contribution in [1.29, 1.82) is 0 Å². The molecule has 0 aromatic heterocycles. The van der Waals surface area contributed by atoms with E-state index in [1.165, 1.54) is 11.8 Å². The fourth-order valence-corrected chi connectivity index (χ4v) is 2.66. The Bertz CT molecular complexity index is 805. The molecule has 0 aliphatic carbocycles. The number of methoxy groups -OCH3 is 2. The Morgan fingerprint density at radius 3 is 2.25 bits per heavy atom. The molecule has 0 atom stereocenters. The summed E-state index contributed by atoms with van der Waals surface area (Å²) < 4.78 is 15.9. The standard InChI is InChI=1S/C21H26N2O5/c1-5-28-18-9-7-17(8-10-18)23(15(2)24)14-21(25)22-13-16-6-11-19(26-3)20(12-16)27-4/h6-12H,5,13-14H2,1-4H3,(H,22,25). The third-order valence-electron chi connectivity index (χ3n) is 4.08. The number of anilines is 1. The van der Waals surface area contributed by atoms with Gasteiger partial charge in [0.25, 0.3) is 0 Å². The predicted molar refractivity (Wildman–Crippen MR) is 107 cm³/mol. The summed E-state index contributed by atoms with van der Waals surface area (Å²) in [6.45, 7) is 4.13. The van der Waals surface area contributed by atoms with E-state index in [1.807, 2.05) is 13.0 Å². The molecule has 0 aliphatic rings. The number of rotatable bonds is 9. The van der Waals surface area contributed by atoms with Crippen LogP contribution in [0.25, 0.3) is 0 Å². The highest BCUT2D eigenvalue weighted by Gasteiger charge is 2.16. The number of amides is 2. The molecule has 2 amide bonds. The summed E-state index contributed by atoms with van der Waals surface area (Å²) in [7, 11) is 3.12. The van der Waals surface area contributed by atoms with Gasteiger partial charge in [0.1, 0.15) is 12.3 Å². The lowest BCUT2D eigenvalue weighted by molar-refractivity contribution is -0.123. The van der Waals surface area contributed by atoms with Crippen molar-refractivity contribution in [3.05, 3.63) is 48.0 Å². The molecule has 150 valence electrons. The average molecular weight is 386 g/mol. The number of carbonyl (C=O) groups is 2. The molecule has 1 N–H and O–H groups in total. The van der Waals surface area contributed by atoms with Crippen LogP contribution in [-0.2, 0) is 16.1 Å². The maximum Gasteiger partial charge on any atom is 0.240 e. The van der Waals surface area contributed by atoms with Crippen LogP contribution >= 0.6 is 0 Å². The van der Waals surface area contributed by atoms with Gasteiger partial charge in [0, 0.05) is 19.2 Å². The summed E-state index contributed by atoms with van der Waals surface area (Å²) in [5, 5.41) is 2.82. The maximum atomic E-state index is 12.4. The van der Waals surface area contributed by atoms with Gasteiger partial charge in [-0.05, 0) is 48.9 Å². The first-order chi connectivity index (χ1) is 13.5. The summed E-state index contributed by atoms with van der Waals surface area (Å²) in [6.07, 6.45) is 0. The molecule has 0 radical (unpaired) electrons. The Labute approximate surface area is 165 Å². The van der Waals surface area contributed by atoms with E-state index in [9.17, 15) is 9.59 Å². The molecule has 0 fully saturated rings. The smallest absolute Gasteiger partial charge is 0.240 e. The van der Waals surface area contributed by atoms with Gasteiger partial charge in [0.05, 0.1) is 20.8 Å². The Kier molecular flexibility index (Phi) is 7.68. The van der Waals surface area contributed by atoms with Crippen LogP contribution in [0, 0.1) is 0 Å². The lowest BCUT2D eigenvalue weighted by Gasteiger charge is -2.21. The van der Waals surface area contributed by atoms with E-state index in [-0.39, 0.29) is 18.4 Å². The van der Waals surface area contributed by atoms with Gasteiger partial charge in [-0.25, -0.2) is 0 Å². The zero-order valence-electron chi connectivity index (χ0n) is 16.7. The van der Waals surface area contributed by atoms with Crippen LogP contribution in [0.15, 0.2) is 42.5 Å². The molecule has 2 aromatic rings. The van der Waals surface area contributed by atoms with Crippen molar-refractivity contribution in [3.63, 3.8) is 0 Å². The molecule has 0 bridgehead atoms. The highest BCUT2D eigenvalue weighted by Crippen LogP contribution is 2.27. The topological polar surface area (TPSA) is 77.1 Å². The molecule has 0 saturated heterocycles. The van der Waals surface area contributed by atoms with Crippen LogP contribution in [0.3, 0.4) is 0 Å². The first-order valence-corrected chi connectivity index (χ1v) is 8.97. The second kappa shape index (κ2) is 10.2. The van der Waals surface area contributed by atoms with E-state index in [0.29, 0.717) is 36.1 Å². The van der Waals surface area contributed by atoms with Crippen molar-refractivity contribution < 1.29 is 23.8 Å². The monoisotopic (exact) mass is 386 g/mol. The summed E-state index contributed by atoms with van der Waals surface area (Å²) in [6, 6.07) is 12.5. The second-order valence-corrected chi connectivity index (χ2v) is 6.00. The highest BCUT2D eigenvalue weighted by atomic mass is 16.5. The molecular weight excluding hydrogens is 360 g/mol. The van der Waals surface area contributed by atoms with Gasteiger partial charge in [-0.2, -0.15) is 0 Å². The van der Waals surface area contributed by atoms with Gasteiger partial charge in [-0.15, -0.1) is 0 Å². The van der Waals surface area contributed by atoms with Crippen molar-refractivity contribution in [2.45, 2.75) is 20.4 Å². The Hall–Kier alpha value is -3.22. The second-order valence-electron chi connectivity index (χ2n) is 6.00. The number of carbonyl (C=O) groups excluding carboxylic acids is 2. The van der Waals surface area contributed by atoms with E-state index in [1.54, 1.807) is 50.6 Å². The highest BCUT2D eigenvalue weighted by molar-refractivity contribution is 5.97. The van der Waals surface area contributed by atoms with Gasteiger partial charge in [0.15, 0.2) is 11.5 Å². The lowest BCUT2D eigenvalue weighted by Crippen LogP contribution is -2.39.